The molecule has 1 aliphatic rings. The van der Waals surface area contributed by atoms with Gasteiger partial charge in [-0.3, -0.25) is 0 Å². The van der Waals surface area contributed by atoms with Crippen LogP contribution in [0.15, 0.2) is 48.5 Å². The molecule has 0 N–H and O–H groups in total. The fraction of sp³-hybridized carbons (Fsp3) is 0.364. The molecule has 2 aromatic rings. The normalized spacial score (nSPS) is 19.9. The Bertz CT molecular complexity index is 689. The summed E-state index contributed by atoms with van der Waals surface area (Å²) in [6, 6.07) is 17.9. The topological polar surface area (TPSA) is 0 Å². The van der Waals surface area contributed by atoms with Gasteiger partial charge in [-0.2, -0.15) is 0 Å². The molecule has 0 heteroatoms. The van der Waals surface area contributed by atoms with Crippen molar-refractivity contribution < 1.29 is 0 Å². The van der Waals surface area contributed by atoms with Gasteiger partial charge in [-0.1, -0.05) is 82.3 Å². The summed E-state index contributed by atoms with van der Waals surface area (Å²) >= 11 is 0. The molecule has 3 rings (SSSR count). The molecule has 1 aliphatic carbocycles. The van der Waals surface area contributed by atoms with E-state index in [1.165, 1.54) is 27.8 Å². The number of allylic oxidation sites excluding steroid dienone is 1. The van der Waals surface area contributed by atoms with E-state index in [1.807, 2.05) is 0 Å². The molecule has 0 saturated carbocycles. The summed E-state index contributed by atoms with van der Waals surface area (Å²) in [5, 5.41) is 0. The highest BCUT2D eigenvalue weighted by atomic mass is 14.3. The maximum atomic E-state index is 2.42. The Kier molecular flexibility index (Phi) is 4.20. The number of rotatable bonds is 2. The van der Waals surface area contributed by atoms with Crippen LogP contribution < -0.4 is 0 Å². The summed E-state index contributed by atoms with van der Waals surface area (Å²) in [6.45, 7) is 9.29. The molecule has 2 aromatic carbocycles. The van der Waals surface area contributed by atoms with Crippen LogP contribution in [0.25, 0.3) is 11.6 Å². The summed E-state index contributed by atoms with van der Waals surface area (Å²) in [6.07, 6.45) is 3.56. The summed E-state index contributed by atoms with van der Waals surface area (Å²) < 4.78 is 0. The summed E-state index contributed by atoms with van der Waals surface area (Å²) in [5.41, 5.74) is 7.31. The first-order valence-corrected chi connectivity index (χ1v) is 8.46. The molecule has 0 heterocycles. The van der Waals surface area contributed by atoms with Crippen LogP contribution in [0.2, 0.25) is 0 Å². The van der Waals surface area contributed by atoms with Crippen molar-refractivity contribution in [2.24, 2.45) is 11.8 Å². The summed E-state index contributed by atoms with van der Waals surface area (Å²) in [4.78, 5) is 0. The van der Waals surface area contributed by atoms with Gasteiger partial charge in [0.05, 0.1) is 0 Å². The Hall–Kier alpha value is -1.82. The van der Waals surface area contributed by atoms with Gasteiger partial charge in [0.2, 0.25) is 0 Å². The maximum Gasteiger partial charge on any atom is -0.00923 e. The molecule has 1 unspecified atom stereocenters. The first kappa shape index (κ1) is 15.1. The smallest absolute Gasteiger partial charge is 0.00923 e. The Morgan fingerprint density at radius 2 is 1.55 bits per heavy atom. The summed E-state index contributed by atoms with van der Waals surface area (Å²) in [5.74, 6) is 1.76. The monoisotopic (exact) mass is 290 g/mol. The SMILES string of the molecule is CC(C)/C1=C/c2ccccc2C(C(C)C)Cc2ccccc21. The summed E-state index contributed by atoms with van der Waals surface area (Å²) in [7, 11) is 0. The van der Waals surface area contributed by atoms with Crippen molar-refractivity contribution >= 4 is 11.6 Å². The molecule has 0 spiro atoms. The van der Waals surface area contributed by atoms with Crippen LogP contribution in [0, 0.1) is 11.8 Å². The minimum Gasteiger partial charge on any atom is -0.0622 e. The first-order chi connectivity index (χ1) is 10.6. The molecular formula is C22H26. The highest BCUT2D eigenvalue weighted by Crippen LogP contribution is 2.39. The van der Waals surface area contributed by atoms with Gasteiger partial charge in [-0.15, -0.1) is 0 Å². The molecular weight excluding hydrogens is 264 g/mol. The largest absolute Gasteiger partial charge is 0.0622 e. The lowest BCUT2D eigenvalue weighted by atomic mass is 9.76. The minimum atomic E-state index is 0.532. The highest BCUT2D eigenvalue weighted by molar-refractivity contribution is 5.85. The zero-order chi connectivity index (χ0) is 15.7. The molecule has 0 aromatic heterocycles. The fourth-order valence-corrected chi connectivity index (χ4v) is 3.62. The number of hydrogen-bond donors (Lipinski definition) is 0. The van der Waals surface area contributed by atoms with E-state index in [9.17, 15) is 0 Å². The molecule has 0 amide bonds. The predicted molar refractivity (Wildman–Crippen MR) is 96.9 cm³/mol. The maximum absolute atomic E-state index is 2.42. The molecule has 0 nitrogen and oxygen atoms in total. The molecule has 0 fully saturated rings. The zero-order valence-electron chi connectivity index (χ0n) is 14.1. The first-order valence-electron chi connectivity index (χ1n) is 8.46. The van der Waals surface area contributed by atoms with E-state index in [-0.39, 0.29) is 0 Å². The van der Waals surface area contributed by atoms with E-state index in [0.717, 1.165) is 6.42 Å². The van der Waals surface area contributed by atoms with Crippen LogP contribution in [0.5, 0.6) is 0 Å². The van der Waals surface area contributed by atoms with Crippen molar-refractivity contribution in [2.75, 3.05) is 0 Å². The van der Waals surface area contributed by atoms with Gasteiger partial charge in [-0.25, -0.2) is 0 Å². The number of hydrogen-bond acceptors (Lipinski definition) is 0. The van der Waals surface area contributed by atoms with E-state index in [4.69, 9.17) is 0 Å². The van der Waals surface area contributed by atoms with E-state index in [2.05, 4.69) is 82.3 Å². The predicted octanol–water partition coefficient (Wildman–Crippen LogP) is 6.18. The molecule has 0 radical (unpaired) electrons. The molecule has 0 aliphatic heterocycles. The molecule has 0 saturated heterocycles. The van der Waals surface area contributed by atoms with Crippen LogP contribution in [0.3, 0.4) is 0 Å². The quantitative estimate of drug-likeness (QED) is 0.619. The van der Waals surface area contributed by atoms with Crippen LogP contribution in [-0.2, 0) is 6.42 Å². The lowest BCUT2D eigenvalue weighted by Gasteiger charge is -2.28. The Morgan fingerprint density at radius 1 is 0.864 bits per heavy atom. The van der Waals surface area contributed by atoms with Gasteiger partial charge in [0, 0.05) is 0 Å². The standard InChI is InChI=1S/C22H26/c1-15(2)21-13-17-9-6-8-12-20(17)22(16(3)4)14-18-10-5-7-11-19(18)21/h5-13,15-16,22H,14H2,1-4H3/b21-13-. The molecule has 0 bridgehead atoms. The molecule has 1 atom stereocenters. The van der Waals surface area contributed by atoms with Crippen molar-refractivity contribution in [3.8, 4) is 0 Å². The highest BCUT2D eigenvalue weighted by Gasteiger charge is 2.23. The van der Waals surface area contributed by atoms with Crippen LogP contribution >= 0.6 is 0 Å². The van der Waals surface area contributed by atoms with E-state index in [0.29, 0.717) is 17.8 Å². The minimum absolute atomic E-state index is 0.532. The lowest BCUT2D eigenvalue weighted by Crippen LogP contribution is -2.15. The fourth-order valence-electron chi connectivity index (χ4n) is 3.62. The second-order valence-electron chi connectivity index (χ2n) is 7.10. The Labute approximate surface area is 134 Å². The van der Waals surface area contributed by atoms with Gasteiger partial charge < -0.3 is 0 Å². The lowest BCUT2D eigenvalue weighted by molar-refractivity contribution is 0.494. The third-order valence-electron chi connectivity index (χ3n) is 4.90. The third kappa shape index (κ3) is 2.75. The third-order valence-corrected chi connectivity index (χ3v) is 4.90. The van der Waals surface area contributed by atoms with Crippen molar-refractivity contribution in [3.05, 3.63) is 70.8 Å². The van der Waals surface area contributed by atoms with Crippen molar-refractivity contribution in [1.29, 1.82) is 0 Å². The van der Waals surface area contributed by atoms with Crippen molar-refractivity contribution in [3.63, 3.8) is 0 Å². The van der Waals surface area contributed by atoms with E-state index in [1.54, 1.807) is 0 Å². The molecule has 114 valence electrons. The van der Waals surface area contributed by atoms with Gasteiger partial charge >= 0.3 is 0 Å². The Morgan fingerprint density at radius 3 is 2.27 bits per heavy atom. The Balaban J connectivity index is 2.27. The van der Waals surface area contributed by atoms with Gasteiger partial charge in [0.15, 0.2) is 0 Å². The number of benzene rings is 2. The second kappa shape index (κ2) is 6.12. The average molecular weight is 290 g/mol. The van der Waals surface area contributed by atoms with Gasteiger partial charge in [0.1, 0.15) is 0 Å². The zero-order valence-corrected chi connectivity index (χ0v) is 14.1. The van der Waals surface area contributed by atoms with Crippen LogP contribution in [0.1, 0.15) is 55.9 Å². The van der Waals surface area contributed by atoms with E-state index < -0.39 is 0 Å². The van der Waals surface area contributed by atoms with Crippen molar-refractivity contribution in [2.45, 2.75) is 40.0 Å². The van der Waals surface area contributed by atoms with Crippen molar-refractivity contribution in [1.82, 2.24) is 0 Å². The van der Waals surface area contributed by atoms with Crippen LogP contribution in [-0.4, -0.2) is 0 Å². The average Bonchev–Trinajstić information content (AvgIpc) is 2.48. The molecule has 22 heavy (non-hydrogen) atoms. The van der Waals surface area contributed by atoms with Gasteiger partial charge in [0.25, 0.3) is 0 Å². The van der Waals surface area contributed by atoms with E-state index >= 15 is 0 Å². The number of fused-ring (bicyclic) bond motifs is 2. The second-order valence-corrected chi connectivity index (χ2v) is 7.10. The van der Waals surface area contributed by atoms with Crippen LogP contribution in [0.4, 0.5) is 0 Å². The van der Waals surface area contributed by atoms with Gasteiger partial charge in [-0.05, 0) is 52.0 Å².